The molecule has 0 saturated heterocycles. The molecule has 0 spiro atoms. The minimum Gasteiger partial charge on any atom is -0.361 e. The third kappa shape index (κ3) is 2.39. The van der Waals surface area contributed by atoms with Crippen LogP contribution in [0.15, 0.2) is 59.2 Å². The second-order valence-electron chi connectivity index (χ2n) is 4.21. The number of benzene rings is 2. The average molecular weight is 315 g/mol. The number of H-pyrrole nitrogens is 1. The van der Waals surface area contributed by atoms with Gasteiger partial charge in [0.05, 0.1) is 0 Å². The zero-order chi connectivity index (χ0) is 13.2. The van der Waals surface area contributed by atoms with Gasteiger partial charge in [-0.3, -0.25) is 4.79 Å². The van der Waals surface area contributed by atoms with Gasteiger partial charge in [0.1, 0.15) is 0 Å². The maximum Gasteiger partial charge on any atom is 0.256 e. The van der Waals surface area contributed by atoms with Gasteiger partial charge in [-0.1, -0.05) is 22.0 Å². The Balaban J connectivity index is 1.92. The smallest absolute Gasteiger partial charge is 0.256 e. The molecule has 2 aromatic carbocycles. The van der Waals surface area contributed by atoms with Gasteiger partial charge in [-0.2, -0.15) is 0 Å². The Hall–Kier alpha value is -2.07. The molecule has 4 heteroatoms. The molecule has 1 amide bonds. The van der Waals surface area contributed by atoms with Gasteiger partial charge in [0.15, 0.2) is 0 Å². The van der Waals surface area contributed by atoms with Gasteiger partial charge < -0.3 is 10.3 Å². The van der Waals surface area contributed by atoms with Crippen molar-refractivity contribution in [2.45, 2.75) is 0 Å². The van der Waals surface area contributed by atoms with Crippen molar-refractivity contribution >= 4 is 38.4 Å². The number of carbonyl (C=O) groups excluding carboxylic acids is 1. The Kier molecular flexibility index (Phi) is 3.09. The predicted molar refractivity (Wildman–Crippen MR) is 80.4 cm³/mol. The molecular formula is C15H11BrN2O. The van der Waals surface area contributed by atoms with Crippen molar-refractivity contribution < 1.29 is 4.79 Å². The van der Waals surface area contributed by atoms with E-state index in [-0.39, 0.29) is 5.91 Å². The maximum atomic E-state index is 12.3. The van der Waals surface area contributed by atoms with Gasteiger partial charge in [0.2, 0.25) is 0 Å². The summed E-state index contributed by atoms with van der Waals surface area (Å²) in [5, 5.41) is 3.82. The topological polar surface area (TPSA) is 44.9 Å². The van der Waals surface area contributed by atoms with Crippen LogP contribution >= 0.6 is 15.9 Å². The van der Waals surface area contributed by atoms with Gasteiger partial charge in [0, 0.05) is 32.8 Å². The van der Waals surface area contributed by atoms with Crippen molar-refractivity contribution in [1.29, 1.82) is 0 Å². The molecule has 0 aliphatic carbocycles. The molecule has 0 aliphatic rings. The second kappa shape index (κ2) is 4.90. The summed E-state index contributed by atoms with van der Waals surface area (Å²) in [6.45, 7) is 0. The molecule has 19 heavy (non-hydrogen) atoms. The van der Waals surface area contributed by atoms with Gasteiger partial charge in [-0.15, -0.1) is 0 Å². The Labute approximate surface area is 118 Å². The number of nitrogens with one attached hydrogen (secondary N) is 2. The fourth-order valence-corrected chi connectivity index (χ4v) is 2.28. The van der Waals surface area contributed by atoms with Crippen molar-refractivity contribution in [3.8, 4) is 0 Å². The number of hydrogen-bond donors (Lipinski definition) is 2. The fraction of sp³-hybridized carbons (Fsp3) is 0. The molecule has 0 unspecified atom stereocenters. The van der Waals surface area contributed by atoms with E-state index in [0.29, 0.717) is 5.56 Å². The van der Waals surface area contributed by atoms with Gasteiger partial charge >= 0.3 is 0 Å². The van der Waals surface area contributed by atoms with Crippen molar-refractivity contribution in [2.75, 3.05) is 5.32 Å². The summed E-state index contributed by atoms with van der Waals surface area (Å²) < 4.78 is 0.984. The summed E-state index contributed by atoms with van der Waals surface area (Å²) in [7, 11) is 0. The van der Waals surface area contributed by atoms with E-state index in [4.69, 9.17) is 0 Å². The lowest BCUT2D eigenvalue weighted by molar-refractivity contribution is 0.102. The molecule has 0 fully saturated rings. The lowest BCUT2D eigenvalue weighted by Crippen LogP contribution is -2.11. The summed E-state index contributed by atoms with van der Waals surface area (Å²) >= 11 is 3.37. The maximum absolute atomic E-state index is 12.3. The largest absolute Gasteiger partial charge is 0.361 e. The summed E-state index contributed by atoms with van der Waals surface area (Å²) in [6, 6.07) is 15.1. The molecule has 0 atom stereocenters. The third-order valence-corrected chi connectivity index (χ3v) is 3.47. The first-order valence-electron chi connectivity index (χ1n) is 5.87. The number of carbonyl (C=O) groups is 1. The molecule has 0 saturated carbocycles. The summed E-state index contributed by atoms with van der Waals surface area (Å²) in [5.41, 5.74) is 2.41. The van der Waals surface area contributed by atoms with Crippen LogP contribution in [0.4, 0.5) is 5.69 Å². The van der Waals surface area contributed by atoms with Crippen LogP contribution in [-0.4, -0.2) is 10.9 Å². The molecule has 3 nitrogen and oxygen atoms in total. The number of anilines is 1. The lowest BCUT2D eigenvalue weighted by atomic mass is 10.1. The Morgan fingerprint density at radius 1 is 1.05 bits per heavy atom. The standard InChI is InChI=1S/C15H11BrN2O/c16-10-4-6-11(7-5-10)18-15(19)13-2-1-3-14-12(13)8-9-17-14/h1-9,17H,(H,18,19). The monoisotopic (exact) mass is 314 g/mol. The highest BCUT2D eigenvalue weighted by molar-refractivity contribution is 9.10. The minimum atomic E-state index is -0.104. The number of hydrogen-bond acceptors (Lipinski definition) is 1. The molecule has 94 valence electrons. The normalized spacial score (nSPS) is 10.6. The van der Waals surface area contributed by atoms with E-state index in [2.05, 4.69) is 26.2 Å². The number of rotatable bonds is 2. The van der Waals surface area contributed by atoms with Gasteiger partial charge in [0.25, 0.3) is 5.91 Å². The molecule has 2 N–H and O–H groups in total. The zero-order valence-electron chi connectivity index (χ0n) is 9.98. The SMILES string of the molecule is O=C(Nc1ccc(Br)cc1)c1cccc2[nH]ccc12. The molecule has 3 rings (SSSR count). The van der Waals surface area contributed by atoms with E-state index in [9.17, 15) is 4.79 Å². The number of fused-ring (bicyclic) bond motifs is 1. The van der Waals surface area contributed by atoms with Crippen LogP contribution < -0.4 is 5.32 Å². The molecule has 0 aliphatic heterocycles. The first-order valence-corrected chi connectivity index (χ1v) is 6.66. The van der Waals surface area contributed by atoms with Crippen LogP contribution in [0.1, 0.15) is 10.4 Å². The molecule has 1 heterocycles. The quantitative estimate of drug-likeness (QED) is 0.732. The van der Waals surface area contributed by atoms with Gasteiger partial charge in [-0.25, -0.2) is 0 Å². The molecule has 1 aromatic heterocycles. The van der Waals surface area contributed by atoms with E-state index in [1.807, 2.05) is 54.7 Å². The number of aromatic amines is 1. The van der Waals surface area contributed by atoms with E-state index in [1.165, 1.54) is 0 Å². The second-order valence-corrected chi connectivity index (χ2v) is 5.12. The molecule has 0 radical (unpaired) electrons. The van der Waals surface area contributed by atoms with Crippen molar-refractivity contribution in [1.82, 2.24) is 4.98 Å². The zero-order valence-corrected chi connectivity index (χ0v) is 11.6. The first-order chi connectivity index (χ1) is 9.24. The minimum absolute atomic E-state index is 0.104. The summed E-state index contributed by atoms with van der Waals surface area (Å²) in [5.74, 6) is -0.104. The van der Waals surface area contributed by atoms with Crippen molar-refractivity contribution in [3.63, 3.8) is 0 Å². The van der Waals surface area contributed by atoms with Crippen LogP contribution in [0, 0.1) is 0 Å². The van der Waals surface area contributed by atoms with Gasteiger partial charge in [-0.05, 0) is 42.5 Å². The lowest BCUT2D eigenvalue weighted by Gasteiger charge is -2.06. The van der Waals surface area contributed by atoms with Crippen LogP contribution in [0.2, 0.25) is 0 Å². The first kappa shape index (κ1) is 12.0. The summed E-state index contributed by atoms with van der Waals surface area (Å²) in [4.78, 5) is 15.4. The summed E-state index contributed by atoms with van der Waals surface area (Å²) in [6.07, 6.45) is 1.83. The van der Waals surface area contributed by atoms with E-state index in [0.717, 1.165) is 21.1 Å². The Morgan fingerprint density at radius 3 is 2.63 bits per heavy atom. The molecule has 0 bridgehead atoms. The molecule has 3 aromatic rings. The van der Waals surface area contributed by atoms with Crippen LogP contribution in [-0.2, 0) is 0 Å². The fourth-order valence-electron chi connectivity index (χ4n) is 2.02. The highest BCUT2D eigenvalue weighted by Crippen LogP contribution is 2.20. The van der Waals surface area contributed by atoms with Crippen LogP contribution in [0.25, 0.3) is 10.9 Å². The van der Waals surface area contributed by atoms with E-state index < -0.39 is 0 Å². The number of amides is 1. The van der Waals surface area contributed by atoms with Crippen molar-refractivity contribution in [3.05, 3.63) is 64.8 Å². The van der Waals surface area contributed by atoms with E-state index >= 15 is 0 Å². The van der Waals surface area contributed by atoms with Crippen LogP contribution in [0.3, 0.4) is 0 Å². The number of aromatic nitrogens is 1. The highest BCUT2D eigenvalue weighted by Gasteiger charge is 2.10. The molecular weight excluding hydrogens is 304 g/mol. The highest BCUT2D eigenvalue weighted by atomic mass is 79.9. The predicted octanol–water partition coefficient (Wildman–Crippen LogP) is 4.18. The van der Waals surface area contributed by atoms with Crippen molar-refractivity contribution in [2.24, 2.45) is 0 Å². The van der Waals surface area contributed by atoms with E-state index in [1.54, 1.807) is 0 Å². The number of halogens is 1. The Morgan fingerprint density at radius 2 is 1.84 bits per heavy atom. The third-order valence-electron chi connectivity index (χ3n) is 2.94. The average Bonchev–Trinajstić information content (AvgIpc) is 2.89. The Bertz CT molecular complexity index is 731. The van der Waals surface area contributed by atoms with Crippen LogP contribution in [0.5, 0.6) is 0 Å².